The number of amides is 2. The Balaban J connectivity index is 2.55. The van der Waals surface area contributed by atoms with Crippen LogP contribution in [0.5, 0.6) is 0 Å². The smallest absolute Gasteiger partial charge is 0.323 e. The highest BCUT2D eigenvalue weighted by molar-refractivity contribution is 5.80. The second kappa shape index (κ2) is 7.36. The van der Waals surface area contributed by atoms with E-state index in [0.29, 0.717) is 0 Å². The topological polar surface area (TPSA) is 69.6 Å². The number of hydrogen-bond donors (Lipinski definition) is 2. The number of hydrogen-bond acceptors (Lipinski definition) is 2. The van der Waals surface area contributed by atoms with Gasteiger partial charge >= 0.3 is 12.0 Å². The molecule has 0 aromatic rings. The molecule has 1 saturated carbocycles. The van der Waals surface area contributed by atoms with E-state index in [1.807, 2.05) is 13.8 Å². The summed E-state index contributed by atoms with van der Waals surface area (Å²) in [6.45, 7) is 5.65. The Labute approximate surface area is 115 Å². The van der Waals surface area contributed by atoms with Crippen molar-refractivity contribution in [3.63, 3.8) is 0 Å². The normalized spacial score (nSPS) is 17.6. The summed E-state index contributed by atoms with van der Waals surface area (Å²) < 4.78 is 0. The molecule has 2 N–H and O–H groups in total. The molecule has 0 bridgehead atoms. The van der Waals surface area contributed by atoms with Crippen LogP contribution in [0.1, 0.15) is 52.9 Å². The number of carboxylic acids is 1. The lowest BCUT2D eigenvalue weighted by atomic mass is 10.1. The van der Waals surface area contributed by atoms with Crippen LogP contribution in [0.2, 0.25) is 0 Å². The highest BCUT2D eigenvalue weighted by Crippen LogP contribution is 2.34. The lowest BCUT2D eigenvalue weighted by Crippen LogP contribution is -2.50. The molecule has 1 aliphatic carbocycles. The van der Waals surface area contributed by atoms with Gasteiger partial charge in [0.25, 0.3) is 0 Å². The van der Waals surface area contributed by atoms with Crippen LogP contribution >= 0.6 is 0 Å². The lowest BCUT2D eigenvalue weighted by molar-refractivity contribution is -0.138. The largest absolute Gasteiger partial charge is 0.480 e. The van der Waals surface area contributed by atoms with E-state index in [1.54, 1.807) is 0 Å². The average Bonchev–Trinajstić information content (AvgIpc) is 3.17. The van der Waals surface area contributed by atoms with Gasteiger partial charge in [0.2, 0.25) is 0 Å². The van der Waals surface area contributed by atoms with E-state index in [0.717, 1.165) is 25.2 Å². The molecule has 0 aliphatic heterocycles. The zero-order chi connectivity index (χ0) is 14.4. The number of carbonyl (C=O) groups is 2. The quantitative estimate of drug-likeness (QED) is 0.712. The van der Waals surface area contributed by atoms with Crippen LogP contribution in [-0.2, 0) is 4.79 Å². The van der Waals surface area contributed by atoms with Crippen molar-refractivity contribution < 1.29 is 14.7 Å². The highest BCUT2D eigenvalue weighted by atomic mass is 16.4. The Morgan fingerprint density at radius 2 is 1.95 bits per heavy atom. The van der Waals surface area contributed by atoms with E-state index in [4.69, 9.17) is 5.11 Å². The van der Waals surface area contributed by atoms with E-state index < -0.39 is 5.97 Å². The van der Waals surface area contributed by atoms with Crippen molar-refractivity contribution in [1.82, 2.24) is 10.2 Å². The summed E-state index contributed by atoms with van der Waals surface area (Å²) in [6.07, 6.45) is 5.18. The second-order valence-electron chi connectivity index (χ2n) is 5.51. The molecule has 110 valence electrons. The van der Waals surface area contributed by atoms with Gasteiger partial charge in [-0.15, -0.1) is 0 Å². The maximum absolute atomic E-state index is 12.2. The van der Waals surface area contributed by atoms with Crippen molar-refractivity contribution >= 4 is 12.0 Å². The van der Waals surface area contributed by atoms with Crippen LogP contribution in [0.15, 0.2) is 0 Å². The first-order chi connectivity index (χ1) is 8.97. The SMILES string of the molecule is CCC(CC1CC1)NC(=O)N(CC(=O)O)C(C)CC. The summed E-state index contributed by atoms with van der Waals surface area (Å²) in [4.78, 5) is 24.5. The van der Waals surface area contributed by atoms with Crippen LogP contribution < -0.4 is 5.32 Å². The zero-order valence-electron chi connectivity index (χ0n) is 12.2. The van der Waals surface area contributed by atoms with E-state index in [1.165, 1.54) is 17.7 Å². The van der Waals surface area contributed by atoms with E-state index in [9.17, 15) is 9.59 Å². The predicted molar refractivity (Wildman–Crippen MR) is 74.0 cm³/mol. The molecule has 0 spiro atoms. The van der Waals surface area contributed by atoms with Gasteiger partial charge in [-0.2, -0.15) is 0 Å². The maximum atomic E-state index is 12.2. The minimum atomic E-state index is -0.967. The number of aliphatic carboxylic acids is 1. The van der Waals surface area contributed by atoms with Crippen molar-refractivity contribution in [2.24, 2.45) is 5.92 Å². The van der Waals surface area contributed by atoms with Crippen molar-refractivity contribution in [3.8, 4) is 0 Å². The molecular weight excluding hydrogens is 244 g/mol. The third kappa shape index (κ3) is 5.49. The highest BCUT2D eigenvalue weighted by Gasteiger charge is 2.28. The van der Waals surface area contributed by atoms with Crippen molar-refractivity contribution in [1.29, 1.82) is 0 Å². The van der Waals surface area contributed by atoms with Crippen LogP contribution in [-0.4, -0.2) is 40.6 Å². The molecule has 0 saturated heterocycles. The van der Waals surface area contributed by atoms with Crippen LogP contribution in [0.25, 0.3) is 0 Å². The Kier molecular flexibility index (Phi) is 6.12. The third-order valence-corrected chi connectivity index (χ3v) is 3.82. The van der Waals surface area contributed by atoms with Gasteiger partial charge in [0.05, 0.1) is 0 Å². The zero-order valence-corrected chi connectivity index (χ0v) is 12.2. The summed E-state index contributed by atoms with van der Waals surface area (Å²) in [5.41, 5.74) is 0. The fourth-order valence-electron chi connectivity index (χ4n) is 2.14. The molecule has 19 heavy (non-hydrogen) atoms. The summed E-state index contributed by atoms with van der Waals surface area (Å²) >= 11 is 0. The molecule has 5 heteroatoms. The van der Waals surface area contributed by atoms with Gasteiger partial charge in [-0.1, -0.05) is 26.7 Å². The molecule has 0 aromatic carbocycles. The van der Waals surface area contributed by atoms with Gasteiger partial charge in [0.1, 0.15) is 6.54 Å². The molecule has 1 aliphatic rings. The maximum Gasteiger partial charge on any atom is 0.323 e. The van der Waals surface area contributed by atoms with Gasteiger partial charge in [-0.25, -0.2) is 4.79 Å². The summed E-state index contributed by atoms with van der Waals surface area (Å²) in [5, 5.41) is 11.9. The molecule has 2 amide bonds. The molecule has 1 rings (SSSR count). The molecule has 5 nitrogen and oxygen atoms in total. The molecular formula is C14H26N2O3. The molecule has 2 atom stereocenters. The van der Waals surface area contributed by atoms with Crippen molar-refractivity contribution in [2.75, 3.05) is 6.54 Å². The average molecular weight is 270 g/mol. The Hall–Kier alpha value is -1.26. The molecule has 0 radical (unpaired) electrons. The number of carboxylic acid groups (broad SMARTS) is 1. The van der Waals surface area contributed by atoms with Crippen molar-refractivity contribution in [2.45, 2.75) is 65.0 Å². The van der Waals surface area contributed by atoms with Crippen LogP contribution in [0.3, 0.4) is 0 Å². The van der Waals surface area contributed by atoms with Crippen LogP contribution in [0.4, 0.5) is 4.79 Å². The molecule has 0 aromatic heterocycles. The first kappa shape index (κ1) is 15.8. The summed E-state index contributed by atoms with van der Waals surface area (Å²) in [5.74, 6) is -0.215. The molecule has 2 unspecified atom stereocenters. The molecule has 0 heterocycles. The number of rotatable bonds is 8. The van der Waals surface area contributed by atoms with Gasteiger partial charge in [0, 0.05) is 12.1 Å². The van der Waals surface area contributed by atoms with Gasteiger partial charge in [-0.05, 0) is 32.1 Å². The summed E-state index contributed by atoms with van der Waals surface area (Å²) in [7, 11) is 0. The minimum absolute atomic E-state index is 0.0606. The Morgan fingerprint density at radius 1 is 1.32 bits per heavy atom. The second-order valence-corrected chi connectivity index (χ2v) is 5.51. The predicted octanol–water partition coefficient (Wildman–Crippen LogP) is 2.46. The van der Waals surface area contributed by atoms with Crippen LogP contribution in [0, 0.1) is 5.92 Å². The number of urea groups is 1. The fourth-order valence-corrected chi connectivity index (χ4v) is 2.14. The van der Waals surface area contributed by atoms with E-state index in [-0.39, 0.29) is 24.7 Å². The lowest BCUT2D eigenvalue weighted by Gasteiger charge is -2.29. The Morgan fingerprint density at radius 3 is 2.37 bits per heavy atom. The third-order valence-electron chi connectivity index (χ3n) is 3.82. The Bertz CT molecular complexity index is 316. The fraction of sp³-hybridized carbons (Fsp3) is 0.857. The molecule has 1 fully saturated rings. The number of nitrogens with zero attached hydrogens (tertiary/aromatic N) is 1. The van der Waals surface area contributed by atoms with Gasteiger partial charge in [0.15, 0.2) is 0 Å². The monoisotopic (exact) mass is 270 g/mol. The number of nitrogens with one attached hydrogen (secondary N) is 1. The van der Waals surface area contributed by atoms with Crippen molar-refractivity contribution in [3.05, 3.63) is 0 Å². The number of carbonyl (C=O) groups excluding carboxylic acids is 1. The summed E-state index contributed by atoms with van der Waals surface area (Å²) in [6, 6.07) is -0.140. The van der Waals surface area contributed by atoms with Gasteiger partial charge < -0.3 is 15.3 Å². The van der Waals surface area contributed by atoms with Gasteiger partial charge in [-0.3, -0.25) is 4.79 Å². The van der Waals surface area contributed by atoms with E-state index >= 15 is 0 Å². The van der Waals surface area contributed by atoms with E-state index in [2.05, 4.69) is 12.2 Å². The first-order valence-electron chi connectivity index (χ1n) is 7.26. The first-order valence-corrected chi connectivity index (χ1v) is 7.26. The minimum Gasteiger partial charge on any atom is -0.480 e. The standard InChI is InChI=1S/C14H26N2O3/c1-4-10(3)16(9-13(17)18)14(19)15-12(5-2)8-11-6-7-11/h10-12H,4-9H2,1-3H3,(H,15,19)(H,17,18).